The molecule has 6 heteroatoms. The normalized spacial score (nSPS) is 10.5. The number of hydrogen-bond acceptors (Lipinski definition) is 5. The zero-order valence-corrected chi connectivity index (χ0v) is 12.9. The minimum absolute atomic E-state index is 0.254. The van der Waals surface area contributed by atoms with Crippen LogP contribution in [0.5, 0.6) is 11.5 Å². The molecule has 0 spiro atoms. The number of ether oxygens (including phenoxy) is 2. The Balaban J connectivity index is 1.91. The van der Waals surface area contributed by atoms with Gasteiger partial charge in [0, 0.05) is 0 Å². The number of carbonyl (C=O) groups is 1. The van der Waals surface area contributed by atoms with E-state index in [0.29, 0.717) is 22.2 Å². The van der Waals surface area contributed by atoms with E-state index in [1.165, 1.54) is 18.4 Å². The number of amides is 1. The van der Waals surface area contributed by atoms with Crippen LogP contribution in [0.3, 0.4) is 0 Å². The Morgan fingerprint density at radius 1 is 1.05 bits per heavy atom. The Kier molecular flexibility index (Phi) is 3.93. The lowest BCUT2D eigenvalue weighted by atomic mass is 10.2. The first-order chi connectivity index (χ1) is 10.7. The lowest BCUT2D eigenvalue weighted by Crippen LogP contribution is -2.12. The summed E-state index contributed by atoms with van der Waals surface area (Å²) in [7, 11) is 3.13. The van der Waals surface area contributed by atoms with Crippen LogP contribution >= 0.6 is 11.3 Å². The van der Waals surface area contributed by atoms with Crippen LogP contribution in [0.15, 0.2) is 42.5 Å². The summed E-state index contributed by atoms with van der Waals surface area (Å²) in [6, 6.07) is 12.7. The van der Waals surface area contributed by atoms with Crippen molar-refractivity contribution in [3.8, 4) is 11.5 Å². The van der Waals surface area contributed by atoms with Gasteiger partial charge in [-0.2, -0.15) is 0 Å². The maximum Gasteiger partial charge on any atom is 0.261 e. The maximum absolute atomic E-state index is 12.4. The third kappa shape index (κ3) is 2.60. The largest absolute Gasteiger partial charge is 0.496 e. The van der Waals surface area contributed by atoms with Gasteiger partial charge in [-0.25, -0.2) is 4.98 Å². The third-order valence-corrected chi connectivity index (χ3v) is 4.11. The Hall–Kier alpha value is -2.60. The van der Waals surface area contributed by atoms with Crippen LogP contribution in [0, 0.1) is 0 Å². The van der Waals surface area contributed by atoms with Crippen molar-refractivity contribution in [2.45, 2.75) is 0 Å². The second-order valence-corrected chi connectivity index (χ2v) is 5.51. The van der Waals surface area contributed by atoms with E-state index in [-0.39, 0.29) is 5.91 Å². The summed E-state index contributed by atoms with van der Waals surface area (Å²) in [6.45, 7) is 0. The van der Waals surface area contributed by atoms with E-state index < -0.39 is 0 Å². The molecule has 0 bridgehead atoms. The monoisotopic (exact) mass is 314 g/mol. The van der Waals surface area contributed by atoms with E-state index in [4.69, 9.17) is 9.47 Å². The van der Waals surface area contributed by atoms with E-state index in [0.717, 1.165) is 10.2 Å². The van der Waals surface area contributed by atoms with Gasteiger partial charge < -0.3 is 9.47 Å². The van der Waals surface area contributed by atoms with Gasteiger partial charge in [0.05, 0.1) is 24.5 Å². The molecule has 0 atom stereocenters. The van der Waals surface area contributed by atoms with Crippen molar-refractivity contribution in [3.05, 3.63) is 48.0 Å². The van der Waals surface area contributed by atoms with Gasteiger partial charge in [-0.3, -0.25) is 10.1 Å². The van der Waals surface area contributed by atoms with Crippen LogP contribution in [0.2, 0.25) is 0 Å². The number of benzene rings is 2. The van der Waals surface area contributed by atoms with Gasteiger partial charge in [0.25, 0.3) is 5.91 Å². The highest BCUT2D eigenvalue weighted by molar-refractivity contribution is 7.22. The first-order valence-electron chi connectivity index (χ1n) is 6.61. The summed E-state index contributed by atoms with van der Waals surface area (Å²) >= 11 is 1.40. The Bertz CT molecular complexity index is 829. The molecular weight excluding hydrogens is 300 g/mol. The van der Waals surface area contributed by atoms with Crippen LogP contribution in [0.4, 0.5) is 5.13 Å². The lowest BCUT2D eigenvalue weighted by Gasteiger charge is -2.06. The molecule has 2 aromatic carbocycles. The topological polar surface area (TPSA) is 60.5 Å². The molecule has 1 heterocycles. The minimum Gasteiger partial charge on any atom is -0.496 e. The van der Waals surface area contributed by atoms with Gasteiger partial charge in [0.1, 0.15) is 17.0 Å². The molecule has 1 amide bonds. The van der Waals surface area contributed by atoms with Crippen molar-refractivity contribution in [2.75, 3.05) is 19.5 Å². The molecule has 3 rings (SSSR count). The summed E-state index contributed by atoms with van der Waals surface area (Å²) in [5, 5.41) is 3.33. The number of nitrogens with zero attached hydrogens (tertiary/aromatic N) is 1. The van der Waals surface area contributed by atoms with Crippen molar-refractivity contribution < 1.29 is 14.3 Å². The first-order valence-corrected chi connectivity index (χ1v) is 7.42. The SMILES string of the molecule is COc1ccccc1C(=O)Nc1nc2c(OC)cccc2s1. The highest BCUT2D eigenvalue weighted by Crippen LogP contribution is 2.32. The van der Waals surface area contributed by atoms with E-state index in [9.17, 15) is 4.79 Å². The predicted molar refractivity (Wildman–Crippen MR) is 87.1 cm³/mol. The summed E-state index contributed by atoms with van der Waals surface area (Å²) in [5.74, 6) is 0.959. The fourth-order valence-electron chi connectivity index (χ4n) is 2.14. The van der Waals surface area contributed by atoms with Crippen LogP contribution in [-0.2, 0) is 0 Å². The molecule has 112 valence electrons. The van der Waals surface area contributed by atoms with Crippen molar-refractivity contribution in [2.24, 2.45) is 0 Å². The summed E-state index contributed by atoms with van der Waals surface area (Å²) in [6.07, 6.45) is 0. The number of thiazole rings is 1. The smallest absolute Gasteiger partial charge is 0.261 e. The minimum atomic E-state index is -0.254. The van der Waals surface area contributed by atoms with E-state index >= 15 is 0 Å². The number of methoxy groups -OCH3 is 2. The quantitative estimate of drug-likeness (QED) is 0.800. The van der Waals surface area contributed by atoms with E-state index in [1.54, 1.807) is 25.3 Å². The number of carbonyl (C=O) groups excluding carboxylic acids is 1. The molecule has 0 radical (unpaired) electrons. The number of aromatic nitrogens is 1. The zero-order valence-electron chi connectivity index (χ0n) is 12.1. The van der Waals surface area contributed by atoms with Gasteiger partial charge in [0.2, 0.25) is 0 Å². The Labute approximate surface area is 131 Å². The second kappa shape index (κ2) is 6.03. The van der Waals surface area contributed by atoms with Crippen LogP contribution in [-0.4, -0.2) is 25.1 Å². The number of fused-ring (bicyclic) bond motifs is 1. The molecule has 0 saturated heterocycles. The molecule has 5 nitrogen and oxygen atoms in total. The Morgan fingerprint density at radius 2 is 1.77 bits per heavy atom. The molecule has 0 saturated carbocycles. The summed E-state index contributed by atoms with van der Waals surface area (Å²) < 4.78 is 11.4. The van der Waals surface area contributed by atoms with Crippen molar-refractivity contribution in [1.29, 1.82) is 0 Å². The van der Waals surface area contributed by atoms with Gasteiger partial charge in [0.15, 0.2) is 5.13 Å². The second-order valence-electron chi connectivity index (χ2n) is 4.48. The number of para-hydroxylation sites is 2. The van der Waals surface area contributed by atoms with Crippen molar-refractivity contribution in [3.63, 3.8) is 0 Å². The van der Waals surface area contributed by atoms with Crippen LogP contribution < -0.4 is 14.8 Å². The maximum atomic E-state index is 12.4. The highest BCUT2D eigenvalue weighted by Gasteiger charge is 2.15. The van der Waals surface area contributed by atoms with Gasteiger partial charge in [-0.1, -0.05) is 29.5 Å². The summed E-state index contributed by atoms with van der Waals surface area (Å²) in [5.41, 5.74) is 1.21. The molecule has 0 aliphatic heterocycles. The van der Waals surface area contributed by atoms with E-state index in [2.05, 4.69) is 10.3 Å². The van der Waals surface area contributed by atoms with Crippen molar-refractivity contribution in [1.82, 2.24) is 4.98 Å². The number of nitrogens with one attached hydrogen (secondary N) is 1. The fraction of sp³-hybridized carbons (Fsp3) is 0.125. The van der Waals surface area contributed by atoms with Crippen LogP contribution in [0.1, 0.15) is 10.4 Å². The number of rotatable bonds is 4. The molecule has 0 aliphatic rings. The molecular formula is C16H14N2O3S. The number of anilines is 1. The third-order valence-electron chi connectivity index (χ3n) is 3.17. The average molecular weight is 314 g/mol. The van der Waals surface area contributed by atoms with Gasteiger partial charge >= 0.3 is 0 Å². The lowest BCUT2D eigenvalue weighted by molar-refractivity contribution is 0.102. The molecule has 0 aliphatic carbocycles. The summed E-state index contributed by atoms with van der Waals surface area (Å²) in [4.78, 5) is 16.8. The molecule has 1 aromatic heterocycles. The molecule has 0 unspecified atom stereocenters. The van der Waals surface area contributed by atoms with E-state index in [1.807, 2.05) is 24.3 Å². The molecule has 22 heavy (non-hydrogen) atoms. The Morgan fingerprint density at radius 3 is 2.55 bits per heavy atom. The average Bonchev–Trinajstić information content (AvgIpc) is 2.96. The fourth-order valence-corrected chi connectivity index (χ4v) is 3.02. The predicted octanol–water partition coefficient (Wildman–Crippen LogP) is 3.57. The van der Waals surface area contributed by atoms with Gasteiger partial charge in [-0.05, 0) is 24.3 Å². The van der Waals surface area contributed by atoms with Crippen molar-refractivity contribution >= 4 is 32.6 Å². The zero-order chi connectivity index (χ0) is 15.5. The highest BCUT2D eigenvalue weighted by atomic mass is 32.1. The first kappa shape index (κ1) is 14.3. The van der Waals surface area contributed by atoms with Crippen LogP contribution in [0.25, 0.3) is 10.2 Å². The number of hydrogen-bond donors (Lipinski definition) is 1. The van der Waals surface area contributed by atoms with Gasteiger partial charge in [-0.15, -0.1) is 0 Å². The molecule has 1 N–H and O–H groups in total. The molecule has 3 aromatic rings. The molecule has 0 fully saturated rings. The standard InChI is InChI=1S/C16H14N2O3S/c1-20-11-7-4-3-6-10(11)15(19)18-16-17-14-12(21-2)8-5-9-13(14)22-16/h3-9H,1-2H3,(H,17,18,19).